The monoisotopic (exact) mass is 256 g/mol. The van der Waals surface area contributed by atoms with Gasteiger partial charge in [0.25, 0.3) is 0 Å². The average Bonchev–Trinajstić information content (AvgIpc) is 2.55. The highest BCUT2D eigenvalue weighted by molar-refractivity contribution is 5.75. The molecule has 0 unspecified atom stereocenters. The number of hydrogen-bond acceptors (Lipinski definition) is 3. The van der Waals surface area contributed by atoms with Crippen LogP contribution < -0.4 is 5.73 Å². The van der Waals surface area contributed by atoms with E-state index >= 15 is 0 Å². The largest absolute Gasteiger partial charge is 0.377 e. The molecule has 1 aliphatic rings. The van der Waals surface area contributed by atoms with Gasteiger partial charge in [-0.05, 0) is 26.7 Å². The molecule has 0 atom stereocenters. The van der Waals surface area contributed by atoms with Gasteiger partial charge in [-0.2, -0.15) is 0 Å². The van der Waals surface area contributed by atoms with E-state index in [0.29, 0.717) is 25.3 Å². The number of carbonyl (C=O) groups excluding carboxylic acids is 1. The summed E-state index contributed by atoms with van der Waals surface area (Å²) in [6.07, 6.45) is 8.09. The topological polar surface area (TPSA) is 55.6 Å². The van der Waals surface area contributed by atoms with E-state index in [1.165, 1.54) is 38.5 Å². The first-order chi connectivity index (χ1) is 8.59. The lowest BCUT2D eigenvalue weighted by Gasteiger charge is -2.26. The molecule has 0 aromatic carbocycles. The van der Waals surface area contributed by atoms with Crippen molar-refractivity contribution in [3.63, 3.8) is 0 Å². The Labute approximate surface area is 111 Å². The van der Waals surface area contributed by atoms with E-state index < -0.39 is 0 Å². The molecular formula is C14H28N2O2. The van der Waals surface area contributed by atoms with Gasteiger partial charge in [-0.3, -0.25) is 9.69 Å². The van der Waals surface area contributed by atoms with Crippen LogP contribution in [0.1, 0.15) is 52.4 Å². The molecule has 0 saturated heterocycles. The fraction of sp³-hybridized carbons (Fsp3) is 0.929. The van der Waals surface area contributed by atoms with E-state index in [2.05, 4.69) is 18.7 Å². The molecule has 18 heavy (non-hydrogen) atoms. The number of nitrogens with two attached hydrogens (primary N) is 1. The number of nitrogens with zero attached hydrogens (tertiary/aromatic N) is 1. The number of rotatable bonds is 7. The second kappa shape index (κ2) is 8.48. The number of carbonyl (C=O) groups is 1. The molecule has 1 rings (SSSR count). The Morgan fingerprint density at radius 3 is 2.39 bits per heavy atom. The number of primary amides is 1. The fourth-order valence-electron chi connectivity index (χ4n) is 2.47. The highest BCUT2D eigenvalue weighted by atomic mass is 16.5. The minimum absolute atomic E-state index is 0.266. The van der Waals surface area contributed by atoms with Gasteiger partial charge in [-0.25, -0.2) is 0 Å². The maximum atomic E-state index is 11.0. The standard InChI is InChI=1S/C14H28N2O2/c1-12(2)16(11-14(15)17)9-10-18-13-7-5-3-4-6-8-13/h12-13H,3-11H2,1-2H3,(H2,15,17). The summed E-state index contributed by atoms with van der Waals surface area (Å²) in [5, 5.41) is 0. The maximum Gasteiger partial charge on any atom is 0.231 e. The summed E-state index contributed by atoms with van der Waals surface area (Å²) in [4.78, 5) is 13.0. The molecule has 0 radical (unpaired) electrons. The third-order valence-corrected chi connectivity index (χ3v) is 3.62. The Morgan fingerprint density at radius 1 is 1.28 bits per heavy atom. The van der Waals surface area contributed by atoms with Gasteiger partial charge in [-0.1, -0.05) is 25.7 Å². The second-order valence-electron chi connectivity index (χ2n) is 5.51. The molecule has 0 aromatic rings. The summed E-state index contributed by atoms with van der Waals surface area (Å²) in [5.41, 5.74) is 5.24. The van der Waals surface area contributed by atoms with Gasteiger partial charge in [-0.15, -0.1) is 0 Å². The summed E-state index contributed by atoms with van der Waals surface area (Å²) in [5.74, 6) is -0.266. The molecule has 0 bridgehead atoms. The van der Waals surface area contributed by atoms with Crippen molar-refractivity contribution < 1.29 is 9.53 Å². The predicted octanol–water partition coefficient (Wildman–Crippen LogP) is 1.92. The third kappa shape index (κ3) is 6.36. The summed E-state index contributed by atoms with van der Waals surface area (Å²) in [7, 11) is 0. The Hall–Kier alpha value is -0.610. The van der Waals surface area contributed by atoms with Gasteiger partial charge < -0.3 is 10.5 Å². The second-order valence-corrected chi connectivity index (χ2v) is 5.51. The van der Waals surface area contributed by atoms with Crippen LogP contribution in [-0.4, -0.2) is 42.6 Å². The summed E-state index contributed by atoms with van der Waals surface area (Å²) in [6.45, 7) is 5.97. The first-order valence-electron chi connectivity index (χ1n) is 7.23. The Balaban J connectivity index is 2.22. The highest BCUT2D eigenvalue weighted by Crippen LogP contribution is 2.19. The quantitative estimate of drug-likeness (QED) is 0.708. The molecule has 0 spiro atoms. The van der Waals surface area contributed by atoms with Gasteiger partial charge in [0, 0.05) is 12.6 Å². The van der Waals surface area contributed by atoms with Gasteiger partial charge in [0.05, 0.1) is 19.3 Å². The molecule has 1 aliphatic carbocycles. The molecule has 2 N–H and O–H groups in total. The van der Waals surface area contributed by atoms with E-state index in [1.807, 2.05) is 0 Å². The van der Waals surface area contributed by atoms with Crippen LogP contribution in [0, 0.1) is 0 Å². The van der Waals surface area contributed by atoms with Crippen molar-refractivity contribution in [3.8, 4) is 0 Å². The van der Waals surface area contributed by atoms with Gasteiger partial charge >= 0.3 is 0 Å². The summed E-state index contributed by atoms with van der Waals surface area (Å²) >= 11 is 0. The summed E-state index contributed by atoms with van der Waals surface area (Å²) < 4.78 is 5.93. The van der Waals surface area contributed by atoms with Gasteiger partial charge in [0.2, 0.25) is 5.91 Å². The van der Waals surface area contributed by atoms with Crippen LogP contribution in [0.25, 0.3) is 0 Å². The molecule has 0 aromatic heterocycles. The first-order valence-corrected chi connectivity index (χ1v) is 7.23. The Bertz CT molecular complexity index is 236. The van der Waals surface area contributed by atoms with Crippen molar-refractivity contribution in [1.29, 1.82) is 0 Å². The zero-order valence-electron chi connectivity index (χ0n) is 11.9. The van der Waals surface area contributed by atoms with Crippen molar-refractivity contribution in [2.24, 2.45) is 5.73 Å². The molecule has 4 nitrogen and oxygen atoms in total. The minimum Gasteiger partial charge on any atom is -0.377 e. The van der Waals surface area contributed by atoms with Crippen LogP contribution >= 0.6 is 0 Å². The van der Waals surface area contributed by atoms with E-state index in [-0.39, 0.29) is 5.91 Å². The van der Waals surface area contributed by atoms with Gasteiger partial charge in [0.1, 0.15) is 0 Å². The Morgan fingerprint density at radius 2 is 1.89 bits per heavy atom. The molecular weight excluding hydrogens is 228 g/mol. The van der Waals surface area contributed by atoms with E-state index in [1.54, 1.807) is 0 Å². The van der Waals surface area contributed by atoms with Crippen LogP contribution in [0.2, 0.25) is 0 Å². The fourth-order valence-corrected chi connectivity index (χ4v) is 2.47. The zero-order valence-corrected chi connectivity index (χ0v) is 11.9. The third-order valence-electron chi connectivity index (χ3n) is 3.62. The van der Waals surface area contributed by atoms with E-state index in [9.17, 15) is 4.79 Å². The molecule has 0 heterocycles. The maximum absolute atomic E-state index is 11.0. The minimum atomic E-state index is -0.266. The molecule has 1 fully saturated rings. The predicted molar refractivity (Wildman–Crippen MR) is 73.3 cm³/mol. The molecule has 1 saturated carbocycles. The van der Waals surface area contributed by atoms with E-state index in [4.69, 9.17) is 10.5 Å². The van der Waals surface area contributed by atoms with Crippen LogP contribution in [-0.2, 0) is 9.53 Å². The normalized spacial score (nSPS) is 18.2. The van der Waals surface area contributed by atoms with E-state index in [0.717, 1.165) is 6.54 Å². The first kappa shape index (κ1) is 15.4. The van der Waals surface area contributed by atoms with Crippen LogP contribution in [0.5, 0.6) is 0 Å². The average molecular weight is 256 g/mol. The van der Waals surface area contributed by atoms with Crippen molar-refractivity contribution in [3.05, 3.63) is 0 Å². The number of amides is 1. The smallest absolute Gasteiger partial charge is 0.231 e. The van der Waals surface area contributed by atoms with Crippen molar-refractivity contribution in [2.75, 3.05) is 19.7 Å². The van der Waals surface area contributed by atoms with Crippen LogP contribution in [0.15, 0.2) is 0 Å². The summed E-state index contributed by atoms with van der Waals surface area (Å²) in [6, 6.07) is 0.329. The highest BCUT2D eigenvalue weighted by Gasteiger charge is 2.15. The molecule has 106 valence electrons. The van der Waals surface area contributed by atoms with Crippen molar-refractivity contribution in [2.45, 2.75) is 64.5 Å². The Kier molecular flexibility index (Phi) is 7.28. The lowest BCUT2D eigenvalue weighted by Crippen LogP contribution is -2.40. The molecule has 1 amide bonds. The van der Waals surface area contributed by atoms with Gasteiger partial charge in [0.15, 0.2) is 0 Å². The lowest BCUT2D eigenvalue weighted by atomic mass is 10.1. The van der Waals surface area contributed by atoms with Crippen LogP contribution in [0.4, 0.5) is 0 Å². The zero-order chi connectivity index (χ0) is 13.4. The van der Waals surface area contributed by atoms with Crippen molar-refractivity contribution in [1.82, 2.24) is 4.90 Å². The SMILES string of the molecule is CC(C)N(CCOC1CCCCCC1)CC(N)=O. The number of ether oxygens (including phenoxy) is 1. The number of hydrogen-bond donors (Lipinski definition) is 1. The lowest BCUT2D eigenvalue weighted by molar-refractivity contribution is -0.119. The molecule has 4 heteroatoms. The van der Waals surface area contributed by atoms with Crippen molar-refractivity contribution >= 4 is 5.91 Å². The van der Waals surface area contributed by atoms with Crippen LogP contribution in [0.3, 0.4) is 0 Å². The molecule has 0 aliphatic heterocycles.